The molecule has 0 radical (unpaired) electrons. The molecule has 1 saturated carbocycles. The number of hydrogen-bond acceptors (Lipinski definition) is 1. The lowest BCUT2D eigenvalue weighted by molar-refractivity contribution is 0.361. The van der Waals surface area contributed by atoms with Gasteiger partial charge in [-0.2, -0.15) is 0 Å². The van der Waals surface area contributed by atoms with Gasteiger partial charge in [0.15, 0.2) is 0 Å². The Kier molecular flexibility index (Phi) is 2.98. The van der Waals surface area contributed by atoms with Crippen LogP contribution in [0.3, 0.4) is 0 Å². The molecule has 0 bridgehead atoms. The lowest BCUT2D eigenvalue weighted by atomic mass is 9.91. The quantitative estimate of drug-likeness (QED) is 0.741. The van der Waals surface area contributed by atoms with Crippen molar-refractivity contribution in [3.05, 3.63) is 23.7 Å². The summed E-state index contributed by atoms with van der Waals surface area (Å²) in [4.78, 5) is 0. The van der Waals surface area contributed by atoms with Gasteiger partial charge in [-0.05, 0) is 29.9 Å². The van der Waals surface area contributed by atoms with Crippen LogP contribution in [0.1, 0.15) is 44.6 Å². The molecule has 0 N–H and O–H groups in total. The van der Waals surface area contributed by atoms with E-state index in [0.29, 0.717) is 5.92 Å². The Morgan fingerprint density at radius 1 is 1.47 bits per heavy atom. The summed E-state index contributed by atoms with van der Waals surface area (Å²) in [6, 6.07) is 4.30. The summed E-state index contributed by atoms with van der Waals surface area (Å²) in [6.07, 6.45) is 2.31. The molecule has 1 aliphatic rings. The maximum absolute atomic E-state index is 5.89. The molecule has 2 heteroatoms. The highest BCUT2D eigenvalue weighted by Crippen LogP contribution is 2.47. The van der Waals surface area contributed by atoms with Gasteiger partial charge in [0.2, 0.25) is 0 Å². The van der Waals surface area contributed by atoms with Gasteiger partial charge >= 0.3 is 0 Å². The van der Waals surface area contributed by atoms with Crippen LogP contribution in [0.15, 0.2) is 16.5 Å². The van der Waals surface area contributed by atoms with Gasteiger partial charge in [-0.3, -0.25) is 0 Å². The maximum atomic E-state index is 5.89. The highest BCUT2D eigenvalue weighted by atomic mass is 79.9. The van der Waals surface area contributed by atoms with Crippen molar-refractivity contribution < 1.29 is 4.42 Å². The van der Waals surface area contributed by atoms with Gasteiger partial charge in [0.25, 0.3) is 0 Å². The number of halogens is 1. The Balaban J connectivity index is 2.01. The molecule has 2 atom stereocenters. The van der Waals surface area contributed by atoms with E-state index in [1.165, 1.54) is 12.2 Å². The van der Waals surface area contributed by atoms with Crippen LogP contribution in [0.25, 0.3) is 0 Å². The first kappa shape index (κ1) is 11.3. The van der Waals surface area contributed by atoms with Crippen LogP contribution in [0.5, 0.6) is 0 Å². The molecule has 0 aliphatic heterocycles. The third-order valence-electron chi connectivity index (χ3n) is 3.17. The van der Waals surface area contributed by atoms with Crippen LogP contribution in [0.4, 0.5) is 0 Å². The zero-order valence-corrected chi connectivity index (χ0v) is 11.3. The predicted molar refractivity (Wildman–Crippen MR) is 66.5 cm³/mol. The number of hydrogen-bond donors (Lipinski definition) is 0. The Morgan fingerprint density at radius 3 is 2.67 bits per heavy atom. The summed E-state index contributed by atoms with van der Waals surface area (Å²) in [5.41, 5.74) is 0.282. The van der Waals surface area contributed by atoms with E-state index >= 15 is 0 Å². The Bertz CT molecular complexity index is 340. The molecule has 0 aromatic carbocycles. The van der Waals surface area contributed by atoms with Crippen molar-refractivity contribution >= 4 is 15.9 Å². The van der Waals surface area contributed by atoms with Crippen LogP contribution in [-0.2, 0) is 6.42 Å². The van der Waals surface area contributed by atoms with Crippen molar-refractivity contribution in [1.82, 2.24) is 0 Å². The fourth-order valence-electron chi connectivity index (χ4n) is 1.93. The minimum atomic E-state index is 0.282. The van der Waals surface area contributed by atoms with Gasteiger partial charge in [-0.15, -0.1) is 0 Å². The van der Waals surface area contributed by atoms with E-state index in [0.717, 1.165) is 23.4 Å². The molecule has 84 valence electrons. The number of furan rings is 1. The second-order valence-electron chi connectivity index (χ2n) is 5.60. The van der Waals surface area contributed by atoms with Crippen molar-refractivity contribution in [2.24, 2.45) is 11.3 Å². The molecule has 2 rings (SSSR count). The highest BCUT2D eigenvalue weighted by Gasteiger charge is 2.36. The second kappa shape index (κ2) is 3.97. The van der Waals surface area contributed by atoms with E-state index in [2.05, 4.69) is 48.8 Å². The normalized spacial score (nSPS) is 25.6. The highest BCUT2D eigenvalue weighted by molar-refractivity contribution is 9.09. The smallest absolute Gasteiger partial charge is 0.107 e. The van der Waals surface area contributed by atoms with E-state index in [1.54, 1.807) is 0 Å². The molecule has 2 unspecified atom stereocenters. The molecule has 1 aromatic heterocycles. The minimum Gasteiger partial charge on any atom is -0.466 e. The van der Waals surface area contributed by atoms with Gasteiger partial charge < -0.3 is 4.42 Å². The van der Waals surface area contributed by atoms with Gasteiger partial charge in [0.05, 0.1) is 0 Å². The van der Waals surface area contributed by atoms with Crippen LogP contribution in [0.2, 0.25) is 0 Å². The topological polar surface area (TPSA) is 13.1 Å². The predicted octanol–water partition coefficient (Wildman–Crippen LogP) is 4.37. The first-order chi connectivity index (χ1) is 7.02. The van der Waals surface area contributed by atoms with Gasteiger partial charge in [0, 0.05) is 17.7 Å². The van der Waals surface area contributed by atoms with E-state index in [-0.39, 0.29) is 5.41 Å². The van der Waals surface area contributed by atoms with E-state index < -0.39 is 0 Å². The van der Waals surface area contributed by atoms with Crippen LogP contribution < -0.4 is 0 Å². The molecule has 0 amide bonds. The average molecular weight is 271 g/mol. The number of rotatable bonds is 4. The lowest BCUT2D eigenvalue weighted by Crippen LogP contribution is -2.15. The Labute approximate surface area is 100 Å². The van der Waals surface area contributed by atoms with Gasteiger partial charge in [-0.25, -0.2) is 0 Å². The molecular formula is C13H19BrO. The second-order valence-corrected chi connectivity index (χ2v) is 6.16. The van der Waals surface area contributed by atoms with Crippen molar-refractivity contribution in [3.8, 4) is 0 Å². The van der Waals surface area contributed by atoms with Crippen molar-refractivity contribution in [2.75, 3.05) is 5.33 Å². The summed E-state index contributed by atoms with van der Waals surface area (Å²) in [6.45, 7) is 6.79. The standard InChI is InChI=1S/C13H19BrO/c1-9-6-11(9)12-5-4-10(15-12)7-13(2,3)8-14/h4-5,9,11H,6-8H2,1-3H3. The van der Waals surface area contributed by atoms with E-state index in [9.17, 15) is 0 Å². The SMILES string of the molecule is CC1CC1c1ccc(CC(C)(C)CBr)o1. The zero-order valence-electron chi connectivity index (χ0n) is 9.72. The first-order valence-electron chi connectivity index (χ1n) is 5.66. The van der Waals surface area contributed by atoms with Crippen molar-refractivity contribution in [2.45, 2.75) is 39.5 Å². The molecule has 0 saturated heterocycles. The molecule has 0 spiro atoms. The van der Waals surface area contributed by atoms with Crippen LogP contribution in [-0.4, -0.2) is 5.33 Å². The average Bonchev–Trinajstić information content (AvgIpc) is 2.73. The van der Waals surface area contributed by atoms with Crippen LogP contribution in [0, 0.1) is 11.3 Å². The largest absolute Gasteiger partial charge is 0.466 e. The molecule has 1 nitrogen and oxygen atoms in total. The van der Waals surface area contributed by atoms with E-state index in [4.69, 9.17) is 4.42 Å². The molecule has 1 fully saturated rings. The summed E-state index contributed by atoms with van der Waals surface area (Å²) in [5, 5.41) is 1.01. The third-order valence-corrected chi connectivity index (χ3v) is 4.69. The summed E-state index contributed by atoms with van der Waals surface area (Å²) >= 11 is 3.54. The lowest BCUT2D eigenvalue weighted by Gasteiger charge is -2.19. The number of alkyl halides is 1. The zero-order chi connectivity index (χ0) is 11.1. The molecule has 15 heavy (non-hydrogen) atoms. The van der Waals surface area contributed by atoms with Gasteiger partial charge in [-0.1, -0.05) is 36.7 Å². The first-order valence-corrected chi connectivity index (χ1v) is 6.78. The third kappa shape index (κ3) is 2.66. The van der Waals surface area contributed by atoms with Crippen molar-refractivity contribution in [1.29, 1.82) is 0 Å². The Hall–Kier alpha value is -0.240. The molecule has 1 aromatic rings. The molecule has 1 heterocycles. The monoisotopic (exact) mass is 270 g/mol. The van der Waals surface area contributed by atoms with Crippen molar-refractivity contribution in [3.63, 3.8) is 0 Å². The molecular weight excluding hydrogens is 252 g/mol. The van der Waals surface area contributed by atoms with Crippen LogP contribution >= 0.6 is 15.9 Å². The van der Waals surface area contributed by atoms with Gasteiger partial charge in [0.1, 0.15) is 11.5 Å². The summed E-state index contributed by atoms with van der Waals surface area (Å²) < 4.78 is 5.89. The minimum absolute atomic E-state index is 0.282. The summed E-state index contributed by atoms with van der Waals surface area (Å²) in [5.74, 6) is 3.86. The fraction of sp³-hybridized carbons (Fsp3) is 0.692. The van der Waals surface area contributed by atoms with E-state index in [1.807, 2.05) is 0 Å². The summed E-state index contributed by atoms with van der Waals surface area (Å²) in [7, 11) is 0. The maximum Gasteiger partial charge on any atom is 0.107 e. The fourth-order valence-corrected chi connectivity index (χ4v) is 2.12. The Morgan fingerprint density at radius 2 is 2.13 bits per heavy atom. The molecule has 1 aliphatic carbocycles.